The van der Waals surface area contributed by atoms with Gasteiger partial charge in [0.05, 0.1) is 0 Å². The number of hydrogen-bond donors (Lipinski definition) is 1. The van der Waals surface area contributed by atoms with Gasteiger partial charge in [-0.3, -0.25) is 4.79 Å². The second-order valence-corrected chi connectivity index (χ2v) is 6.10. The van der Waals surface area contributed by atoms with Crippen LogP contribution >= 0.6 is 0 Å². The van der Waals surface area contributed by atoms with Gasteiger partial charge in [-0.25, -0.2) is 0 Å². The van der Waals surface area contributed by atoms with Crippen LogP contribution in [0.15, 0.2) is 23.8 Å². The summed E-state index contributed by atoms with van der Waals surface area (Å²) < 4.78 is 0. The van der Waals surface area contributed by atoms with E-state index in [2.05, 4.69) is 37.4 Å². The van der Waals surface area contributed by atoms with Crippen LogP contribution in [0.4, 0.5) is 0 Å². The SMILES string of the molecule is CC1=CC(C)(CCNC(=O)C2CCCCC2)C=C1. The molecule has 0 saturated heterocycles. The van der Waals surface area contributed by atoms with Crippen LogP contribution in [0.2, 0.25) is 0 Å². The van der Waals surface area contributed by atoms with E-state index in [0.717, 1.165) is 25.8 Å². The molecule has 1 saturated carbocycles. The maximum absolute atomic E-state index is 12.0. The number of hydrogen-bond acceptors (Lipinski definition) is 1. The lowest BCUT2D eigenvalue weighted by atomic mass is 9.87. The molecule has 0 spiro atoms. The molecule has 18 heavy (non-hydrogen) atoms. The summed E-state index contributed by atoms with van der Waals surface area (Å²) in [6.45, 7) is 5.15. The fourth-order valence-corrected chi connectivity index (χ4v) is 3.06. The van der Waals surface area contributed by atoms with Gasteiger partial charge in [-0.15, -0.1) is 0 Å². The van der Waals surface area contributed by atoms with Crippen LogP contribution in [0.3, 0.4) is 0 Å². The average Bonchev–Trinajstić information content (AvgIpc) is 2.70. The molecule has 1 unspecified atom stereocenters. The number of rotatable bonds is 4. The van der Waals surface area contributed by atoms with Gasteiger partial charge < -0.3 is 5.32 Å². The van der Waals surface area contributed by atoms with Crippen molar-refractivity contribution >= 4 is 5.91 Å². The largest absolute Gasteiger partial charge is 0.356 e. The molecule has 2 aliphatic rings. The van der Waals surface area contributed by atoms with Crippen LogP contribution in [0.25, 0.3) is 0 Å². The Balaban J connectivity index is 1.72. The maximum atomic E-state index is 12.0. The Morgan fingerprint density at radius 2 is 2.11 bits per heavy atom. The summed E-state index contributed by atoms with van der Waals surface area (Å²) >= 11 is 0. The van der Waals surface area contributed by atoms with Gasteiger partial charge in [0.15, 0.2) is 0 Å². The van der Waals surface area contributed by atoms with Crippen molar-refractivity contribution in [3.8, 4) is 0 Å². The van der Waals surface area contributed by atoms with Crippen molar-refractivity contribution in [2.24, 2.45) is 11.3 Å². The van der Waals surface area contributed by atoms with E-state index >= 15 is 0 Å². The molecule has 1 atom stereocenters. The van der Waals surface area contributed by atoms with Gasteiger partial charge in [-0.2, -0.15) is 0 Å². The monoisotopic (exact) mass is 247 g/mol. The lowest BCUT2D eigenvalue weighted by Crippen LogP contribution is -2.34. The van der Waals surface area contributed by atoms with Crippen molar-refractivity contribution in [3.63, 3.8) is 0 Å². The quantitative estimate of drug-likeness (QED) is 0.808. The van der Waals surface area contributed by atoms with E-state index in [1.807, 2.05) is 0 Å². The van der Waals surface area contributed by atoms with Crippen molar-refractivity contribution < 1.29 is 4.79 Å². The Kier molecular flexibility index (Phi) is 4.26. The van der Waals surface area contributed by atoms with Crippen molar-refractivity contribution in [1.82, 2.24) is 5.32 Å². The third-order valence-electron chi connectivity index (χ3n) is 4.22. The fourth-order valence-electron chi connectivity index (χ4n) is 3.06. The normalized spacial score (nSPS) is 28.2. The summed E-state index contributed by atoms with van der Waals surface area (Å²) in [7, 11) is 0. The molecule has 0 heterocycles. The topological polar surface area (TPSA) is 29.1 Å². The van der Waals surface area contributed by atoms with Gasteiger partial charge >= 0.3 is 0 Å². The average molecular weight is 247 g/mol. The van der Waals surface area contributed by atoms with Crippen LogP contribution in [0.5, 0.6) is 0 Å². The van der Waals surface area contributed by atoms with E-state index in [4.69, 9.17) is 0 Å². The third-order valence-corrected chi connectivity index (χ3v) is 4.22. The Labute approximate surface area is 111 Å². The summed E-state index contributed by atoms with van der Waals surface area (Å²) in [5.41, 5.74) is 1.47. The Morgan fingerprint density at radius 3 is 2.72 bits per heavy atom. The van der Waals surface area contributed by atoms with Gasteiger partial charge in [0, 0.05) is 17.9 Å². The first-order chi connectivity index (χ1) is 8.59. The Morgan fingerprint density at radius 1 is 1.39 bits per heavy atom. The first-order valence-electron chi connectivity index (χ1n) is 7.25. The summed E-state index contributed by atoms with van der Waals surface area (Å²) in [5, 5.41) is 3.12. The standard InChI is InChI=1S/C16H25NO/c1-13-8-9-16(2,12-13)10-11-17-15(18)14-6-4-3-5-7-14/h8-9,12,14H,3-7,10-11H2,1-2H3,(H,17,18). The molecule has 2 heteroatoms. The highest BCUT2D eigenvalue weighted by Crippen LogP contribution is 2.32. The highest BCUT2D eigenvalue weighted by molar-refractivity contribution is 5.78. The second kappa shape index (κ2) is 5.73. The van der Waals surface area contributed by atoms with Gasteiger partial charge in [-0.1, -0.05) is 50.0 Å². The fraction of sp³-hybridized carbons (Fsp3) is 0.688. The third kappa shape index (κ3) is 3.47. The molecule has 1 amide bonds. The Hall–Kier alpha value is -1.05. The summed E-state index contributed by atoms with van der Waals surface area (Å²) in [6, 6.07) is 0. The molecule has 0 radical (unpaired) electrons. The van der Waals surface area contributed by atoms with E-state index in [-0.39, 0.29) is 17.2 Å². The number of allylic oxidation sites excluding steroid dienone is 4. The minimum atomic E-state index is 0.143. The molecule has 0 aromatic carbocycles. The molecular formula is C16H25NO. The van der Waals surface area contributed by atoms with Crippen LogP contribution in [-0.4, -0.2) is 12.5 Å². The lowest BCUT2D eigenvalue weighted by molar-refractivity contribution is -0.125. The first-order valence-corrected chi connectivity index (χ1v) is 7.25. The van der Waals surface area contributed by atoms with Crippen LogP contribution in [-0.2, 0) is 4.79 Å². The predicted octanol–water partition coefficient (Wildman–Crippen LogP) is 3.60. The predicted molar refractivity (Wildman–Crippen MR) is 75.2 cm³/mol. The van der Waals surface area contributed by atoms with Crippen LogP contribution < -0.4 is 5.32 Å². The lowest BCUT2D eigenvalue weighted by Gasteiger charge is -2.23. The second-order valence-electron chi connectivity index (χ2n) is 6.10. The van der Waals surface area contributed by atoms with Crippen LogP contribution in [0.1, 0.15) is 52.4 Å². The highest BCUT2D eigenvalue weighted by atomic mass is 16.1. The van der Waals surface area contributed by atoms with Crippen molar-refractivity contribution in [2.75, 3.05) is 6.54 Å². The number of nitrogens with one attached hydrogen (secondary N) is 1. The summed E-state index contributed by atoms with van der Waals surface area (Å²) in [5.74, 6) is 0.559. The van der Waals surface area contributed by atoms with Gasteiger partial charge in [-0.05, 0) is 26.2 Å². The minimum Gasteiger partial charge on any atom is -0.356 e. The van der Waals surface area contributed by atoms with Crippen molar-refractivity contribution in [2.45, 2.75) is 52.4 Å². The minimum absolute atomic E-state index is 0.143. The zero-order chi connectivity index (χ0) is 13.0. The van der Waals surface area contributed by atoms with E-state index in [1.54, 1.807) is 0 Å². The summed E-state index contributed by atoms with van der Waals surface area (Å²) in [6.07, 6.45) is 13.6. The maximum Gasteiger partial charge on any atom is 0.223 e. The molecule has 0 aromatic rings. The molecule has 0 aromatic heterocycles. The summed E-state index contributed by atoms with van der Waals surface area (Å²) in [4.78, 5) is 12.0. The van der Waals surface area contributed by atoms with E-state index in [0.29, 0.717) is 0 Å². The van der Waals surface area contributed by atoms with Gasteiger partial charge in [0.2, 0.25) is 5.91 Å². The molecule has 2 aliphatic carbocycles. The van der Waals surface area contributed by atoms with E-state index in [9.17, 15) is 4.79 Å². The zero-order valence-corrected chi connectivity index (χ0v) is 11.7. The smallest absolute Gasteiger partial charge is 0.223 e. The van der Waals surface area contributed by atoms with Crippen molar-refractivity contribution in [1.29, 1.82) is 0 Å². The molecule has 1 fully saturated rings. The van der Waals surface area contributed by atoms with Gasteiger partial charge in [0.25, 0.3) is 0 Å². The molecule has 2 rings (SSSR count). The molecular weight excluding hydrogens is 222 g/mol. The van der Waals surface area contributed by atoms with E-state index < -0.39 is 0 Å². The van der Waals surface area contributed by atoms with Gasteiger partial charge in [0.1, 0.15) is 0 Å². The molecule has 0 aliphatic heterocycles. The number of carbonyl (C=O) groups is 1. The Bertz CT molecular complexity index is 363. The number of carbonyl (C=O) groups excluding carboxylic acids is 1. The molecule has 0 bridgehead atoms. The molecule has 100 valence electrons. The molecule has 1 N–H and O–H groups in total. The van der Waals surface area contributed by atoms with Crippen LogP contribution in [0, 0.1) is 11.3 Å². The first kappa shape index (κ1) is 13.4. The molecule has 2 nitrogen and oxygen atoms in total. The highest BCUT2D eigenvalue weighted by Gasteiger charge is 2.24. The number of amides is 1. The van der Waals surface area contributed by atoms with Crippen molar-refractivity contribution in [3.05, 3.63) is 23.8 Å². The zero-order valence-electron chi connectivity index (χ0n) is 11.7. The van der Waals surface area contributed by atoms with E-state index in [1.165, 1.54) is 24.8 Å².